The summed E-state index contributed by atoms with van der Waals surface area (Å²) in [6.45, 7) is 0. The Balaban J connectivity index is 2.11. The molecule has 0 unspecified atom stereocenters. The fourth-order valence-electron chi connectivity index (χ4n) is 2.02. The van der Waals surface area contributed by atoms with Crippen LogP contribution in [-0.2, 0) is 0 Å². The maximum absolute atomic E-state index is 11.0. The molecule has 2 saturated carbocycles. The van der Waals surface area contributed by atoms with Crippen LogP contribution >= 0.6 is 11.6 Å². The Morgan fingerprint density at radius 3 is 2.44 bits per heavy atom. The fraction of sp³-hybridized carbons (Fsp3) is 0.545. The SMILES string of the molecule is O=[N+]([O-])c1c(C2CC2)cc(C2CC2)nc1Cl. The Hall–Kier alpha value is -1.16. The second kappa shape index (κ2) is 3.42. The first-order valence-electron chi connectivity index (χ1n) is 5.51. The molecule has 16 heavy (non-hydrogen) atoms. The molecule has 0 saturated heterocycles. The summed E-state index contributed by atoms with van der Waals surface area (Å²) in [6.07, 6.45) is 4.33. The Labute approximate surface area is 97.8 Å². The van der Waals surface area contributed by atoms with Crippen LogP contribution in [0.1, 0.15) is 48.8 Å². The molecule has 0 spiro atoms. The zero-order valence-electron chi connectivity index (χ0n) is 8.65. The van der Waals surface area contributed by atoms with E-state index in [1.54, 1.807) is 0 Å². The van der Waals surface area contributed by atoms with Crippen molar-refractivity contribution in [2.24, 2.45) is 0 Å². The van der Waals surface area contributed by atoms with E-state index >= 15 is 0 Å². The van der Waals surface area contributed by atoms with Gasteiger partial charge < -0.3 is 0 Å². The second-order valence-corrected chi connectivity index (χ2v) is 4.94. The molecule has 0 aliphatic heterocycles. The van der Waals surface area contributed by atoms with Gasteiger partial charge in [-0.1, -0.05) is 11.6 Å². The monoisotopic (exact) mass is 238 g/mol. The first-order valence-corrected chi connectivity index (χ1v) is 5.89. The van der Waals surface area contributed by atoms with E-state index in [0.717, 1.165) is 36.9 Å². The van der Waals surface area contributed by atoms with Gasteiger partial charge in [0, 0.05) is 17.2 Å². The van der Waals surface area contributed by atoms with E-state index in [0.29, 0.717) is 11.8 Å². The molecule has 0 aromatic carbocycles. The first kappa shape index (κ1) is 10.0. The Kier molecular flexibility index (Phi) is 2.14. The number of hydrogen-bond donors (Lipinski definition) is 0. The predicted octanol–water partition coefficient (Wildman–Crippen LogP) is 3.40. The van der Waals surface area contributed by atoms with Gasteiger partial charge >= 0.3 is 5.69 Å². The quantitative estimate of drug-likeness (QED) is 0.461. The maximum atomic E-state index is 11.0. The highest BCUT2D eigenvalue weighted by Gasteiger charge is 2.36. The summed E-state index contributed by atoms with van der Waals surface area (Å²) in [5, 5.41) is 11.0. The highest BCUT2D eigenvalue weighted by Crippen LogP contribution is 2.48. The van der Waals surface area contributed by atoms with Crippen molar-refractivity contribution < 1.29 is 4.92 Å². The topological polar surface area (TPSA) is 56.0 Å². The molecule has 1 aromatic heterocycles. The van der Waals surface area contributed by atoms with Gasteiger partial charge in [-0.2, -0.15) is 0 Å². The Morgan fingerprint density at radius 2 is 1.94 bits per heavy atom. The highest BCUT2D eigenvalue weighted by molar-refractivity contribution is 6.31. The molecule has 0 N–H and O–H groups in total. The van der Waals surface area contributed by atoms with Crippen LogP contribution in [0.4, 0.5) is 5.69 Å². The molecule has 2 aliphatic rings. The minimum atomic E-state index is -0.403. The average Bonchev–Trinajstić information content (AvgIpc) is 3.08. The molecule has 4 nitrogen and oxygen atoms in total. The number of hydrogen-bond acceptors (Lipinski definition) is 3. The molecule has 0 atom stereocenters. The van der Waals surface area contributed by atoms with Crippen molar-refractivity contribution in [2.75, 3.05) is 0 Å². The molecule has 1 heterocycles. The van der Waals surface area contributed by atoms with E-state index in [4.69, 9.17) is 11.6 Å². The zero-order valence-corrected chi connectivity index (χ0v) is 9.41. The molecule has 3 rings (SSSR count). The standard InChI is InChI=1S/C11H11ClN2O2/c12-11-10(14(15)16)8(6-1-2-6)5-9(13-11)7-3-4-7/h5-7H,1-4H2. The average molecular weight is 239 g/mol. The van der Waals surface area contributed by atoms with Crippen LogP contribution < -0.4 is 0 Å². The van der Waals surface area contributed by atoms with Crippen molar-refractivity contribution in [1.82, 2.24) is 4.98 Å². The van der Waals surface area contributed by atoms with Crippen molar-refractivity contribution >= 4 is 17.3 Å². The summed E-state index contributed by atoms with van der Waals surface area (Å²) < 4.78 is 0. The molecule has 2 fully saturated rings. The van der Waals surface area contributed by atoms with Gasteiger partial charge in [0.25, 0.3) is 0 Å². The minimum Gasteiger partial charge on any atom is -0.258 e. The molecule has 0 amide bonds. The van der Waals surface area contributed by atoms with Gasteiger partial charge in [0.1, 0.15) is 0 Å². The molecule has 2 aliphatic carbocycles. The lowest BCUT2D eigenvalue weighted by molar-refractivity contribution is -0.385. The molecular formula is C11H11ClN2O2. The van der Waals surface area contributed by atoms with Crippen LogP contribution in [0.3, 0.4) is 0 Å². The van der Waals surface area contributed by atoms with Gasteiger partial charge in [-0.25, -0.2) is 4.98 Å². The number of pyridine rings is 1. The highest BCUT2D eigenvalue weighted by atomic mass is 35.5. The number of halogens is 1. The van der Waals surface area contributed by atoms with Gasteiger partial charge in [-0.05, 0) is 37.7 Å². The Bertz CT molecular complexity index is 467. The van der Waals surface area contributed by atoms with Crippen LogP contribution in [-0.4, -0.2) is 9.91 Å². The number of rotatable bonds is 3. The Morgan fingerprint density at radius 1 is 1.31 bits per heavy atom. The van der Waals surface area contributed by atoms with Crippen molar-refractivity contribution in [1.29, 1.82) is 0 Å². The van der Waals surface area contributed by atoms with E-state index < -0.39 is 4.92 Å². The molecule has 5 heteroatoms. The normalized spacial score (nSPS) is 19.8. The zero-order chi connectivity index (χ0) is 11.3. The summed E-state index contributed by atoms with van der Waals surface area (Å²) in [5.74, 6) is 0.814. The van der Waals surface area contributed by atoms with Crippen molar-refractivity contribution in [2.45, 2.75) is 37.5 Å². The van der Waals surface area contributed by atoms with Crippen molar-refractivity contribution in [3.63, 3.8) is 0 Å². The summed E-state index contributed by atoms with van der Waals surface area (Å²) in [5.41, 5.74) is 1.76. The van der Waals surface area contributed by atoms with Gasteiger partial charge in [-0.3, -0.25) is 10.1 Å². The van der Waals surface area contributed by atoms with Crippen LogP contribution in [0.5, 0.6) is 0 Å². The molecule has 1 aromatic rings. The van der Waals surface area contributed by atoms with Crippen molar-refractivity contribution in [3.05, 3.63) is 32.6 Å². The molecular weight excluding hydrogens is 228 g/mol. The second-order valence-electron chi connectivity index (χ2n) is 4.58. The number of nitro groups is 1. The third kappa shape index (κ3) is 1.67. The minimum absolute atomic E-state index is 0.0218. The fourth-order valence-corrected chi connectivity index (χ4v) is 2.30. The van der Waals surface area contributed by atoms with Crippen molar-refractivity contribution in [3.8, 4) is 0 Å². The van der Waals surface area contributed by atoms with Crippen LogP contribution in [0, 0.1) is 10.1 Å². The largest absolute Gasteiger partial charge is 0.309 e. The van der Waals surface area contributed by atoms with E-state index in [9.17, 15) is 10.1 Å². The van der Waals surface area contributed by atoms with Gasteiger partial charge in [0.15, 0.2) is 0 Å². The van der Waals surface area contributed by atoms with Gasteiger partial charge in [0.05, 0.1) is 4.92 Å². The van der Waals surface area contributed by atoms with Crippen LogP contribution in [0.15, 0.2) is 6.07 Å². The lowest BCUT2D eigenvalue weighted by Crippen LogP contribution is -2.00. The summed E-state index contributed by atoms with van der Waals surface area (Å²) in [7, 11) is 0. The molecule has 84 valence electrons. The third-order valence-electron chi connectivity index (χ3n) is 3.19. The lowest BCUT2D eigenvalue weighted by atomic mass is 10.1. The van der Waals surface area contributed by atoms with Gasteiger partial charge in [0.2, 0.25) is 5.15 Å². The summed E-state index contributed by atoms with van der Waals surface area (Å²) >= 11 is 5.92. The van der Waals surface area contributed by atoms with E-state index in [-0.39, 0.29) is 10.8 Å². The van der Waals surface area contributed by atoms with E-state index in [1.807, 2.05) is 6.07 Å². The van der Waals surface area contributed by atoms with Gasteiger partial charge in [-0.15, -0.1) is 0 Å². The summed E-state index contributed by atoms with van der Waals surface area (Å²) in [6, 6.07) is 1.90. The smallest absolute Gasteiger partial charge is 0.258 e. The first-order chi connectivity index (χ1) is 7.66. The van der Waals surface area contributed by atoms with E-state index in [2.05, 4.69) is 4.98 Å². The maximum Gasteiger partial charge on any atom is 0.309 e. The molecule has 0 bridgehead atoms. The number of aromatic nitrogens is 1. The summed E-state index contributed by atoms with van der Waals surface area (Å²) in [4.78, 5) is 14.7. The third-order valence-corrected chi connectivity index (χ3v) is 3.46. The predicted molar refractivity (Wildman–Crippen MR) is 59.9 cm³/mol. The van der Waals surface area contributed by atoms with E-state index in [1.165, 1.54) is 0 Å². The lowest BCUT2D eigenvalue weighted by Gasteiger charge is -2.05. The number of nitrogens with zero attached hydrogens (tertiary/aromatic N) is 2. The van der Waals surface area contributed by atoms with Crippen LogP contribution in [0.25, 0.3) is 0 Å². The van der Waals surface area contributed by atoms with Crippen LogP contribution in [0.2, 0.25) is 5.15 Å². The molecule has 0 radical (unpaired) electrons.